The second-order valence-corrected chi connectivity index (χ2v) is 10.7. The van der Waals surface area contributed by atoms with Gasteiger partial charge in [-0.25, -0.2) is 9.40 Å². The molecule has 0 fully saturated rings. The number of hydrazone groups is 1. The Morgan fingerprint density at radius 2 is 1.89 bits per heavy atom. The van der Waals surface area contributed by atoms with Gasteiger partial charge in [-0.2, -0.15) is 10.1 Å². The SMILES string of the molecule is Cc1ccc(NC(=O)C[C@H]2SC(N3N=C(c4ccc(F)cc4)C[C@@H]3c3cccc(Cl)c3)=NC2=O)cc1C. The maximum absolute atomic E-state index is 13.5. The second-order valence-electron chi connectivity index (χ2n) is 9.06. The van der Waals surface area contributed by atoms with E-state index >= 15 is 0 Å². The van der Waals surface area contributed by atoms with Gasteiger partial charge in [0.15, 0.2) is 5.17 Å². The summed E-state index contributed by atoms with van der Waals surface area (Å²) in [6, 6.07) is 19.1. The van der Waals surface area contributed by atoms with E-state index in [-0.39, 0.29) is 30.1 Å². The van der Waals surface area contributed by atoms with Crippen LogP contribution in [0.1, 0.15) is 41.1 Å². The molecule has 0 radical (unpaired) electrons. The summed E-state index contributed by atoms with van der Waals surface area (Å²) < 4.78 is 13.5. The Kier molecular flexibility index (Phi) is 7.13. The fourth-order valence-electron chi connectivity index (χ4n) is 4.28. The molecule has 0 saturated heterocycles. The number of thioether (sulfide) groups is 1. The molecule has 0 aromatic heterocycles. The summed E-state index contributed by atoms with van der Waals surface area (Å²) in [4.78, 5) is 29.8. The van der Waals surface area contributed by atoms with Crippen LogP contribution in [0.2, 0.25) is 5.02 Å². The Bertz CT molecular complexity index is 1440. The van der Waals surface area contributed by atoms with Crippen LogP contribution in [0, 0.1) is 19.7 Å². The Morgan fingerprint density at radius 3 is 2.62 bits per heavy atom. The molecular weight excluding hydrogens is 511 g/mol. The highest BCUT2D eigenvalue weighted by Gasteiger charge is 2.39. The van der Waals surface area contributed by atoms with E-state index in [9.17, 15) is 14.0 Å². The van der Waals surface area contributed by atoms with Crippen molar-refractivity contribution in [2.75, 3.05) is 5.32 Å². The first-order valence-electron chi connectivity index (χ1n) is 11.8. The predicted molar refractivity (Wildman–Crippen MR) is 147 cm³/mol. The molecule has 1 N–H and O–H groups in total. The first-order chi connectivity index (χ1) is 17.8. The average molecular weight is 535 g/mol. The number of aliphatic imine (C=N–C) groups is 1. The zero-order valence-electron chi connectivity index (χ0n) is 20.2. The van der Waals surface area contributed by atoms with Crippen LogP contribution in [0.3, 0.4) is 0 Å². The molecule has 6 nitrogen and oxygen atoms in total. The number of amidine groups is 1. The molecule has 2 atom stereocenters. The number of hydrogen-bond donors (Lipinski definition) is 1. The Morgan fingerprint density at radius 1 is 1.11 bits per heavy atom. The third kappa shape index (κ3) is 5.60. The molecular formula is C28H24ClFN4O2S. The zero-order chi connectivity index (χ0) is 26.1. The molecule has 0 aliphatic carbocycles. The van der Waals surface area contributed by atoms with Gasteiger partial charge >= 0.3 is 0 Å². The van der Waals surface area contributed by atoms with Crippen LogP contribution in [0.4, 0.5) is 10.1 Å². The van der Waals surface area contributed by atoms with Gasteiger partial charge in [0.05, 0.1) is 11.8 Å². The molecule has 5 rings (SSSR count). The molecule has 2 heterocycles. The molecule has 0 saturated carbocycles. The van der Waals surface area contributed by atoms with Crippen molar-refractivity contribution in [1.82, 2.24) is 5.01 Å². The van der Waals surface area contributed by atoms with Crippen molar-refractivity contribution in [2.24, 2.45) is 10.1 Å². The number of aryl methyl sites for hydroxylation is 2. The van der Waals surface area contributed by atoms with Crippen LogP contribution in [-0.4, -0.2) is 33.0 Å². The topological polar surface area (TPSA) is 74.1 Å². The minimum atomic E-state index is -0.647. The highest BCUT2D eigenvalue weighted by Crippen LogP contribution is 2.39. The highest BCUT2D eigenvalue weighted by molar-refractivity contribution is 8.15. The van der Waals surface area contributed by atoms with Crippen molar-refractivity contribution < 1.29 is 14.0 Å². The first kappa shape index (κ1) is 25.2. The van der Waals surface area contributed by atoms with Gasteiger partial charge in [0.25, 0.3) is 5.91 Å². The lowest BCUT2D eigenvalue weighted by Crippen LogP contribution is -2.25. The van der Waals surface area contributed by atoms with Crippen LogP contribution >= 0.6 is 23.4 Å². The molecule has 2 aliphatic heterocycles. The Hall–Kier alpha value is -3.49. The van der Waals surface area contributed by atoms with Crippen LogP contribution in [0.25, 0.3) is 0 Å². The number of hydrogen-bond acceptors (Lipinski definition) is 5. The number of carbonyl (C=O) groups is 2. The number of nitrogens with one attached hydrogen (secondary N) is 1. The van der Waals surface area contributed by atoms with Gasteiger partial charge in [0.2, 0.25) is 5.91 Å². The highest BCUT2D eigenvalue weighted by atomic mass is 35.5. The number of rotatable bonds is 5. The number of carbonyl (C=O) groups excluding carboxylic acids is 2. The molecule has 9 heteroatoms. The summed E-state index contributed by atoms with van der Waals surface area (Å²) in [7, 11) is 0. The van der Waals surface area contributed by atoms with E-state index in [0.29, 0.717) is 22.3 Å². The van der Waals surface area contributed by atoms with E-state index in [0.717, 1.165) is 28.0 Å². The molecule has 0 spiro atoms. The third-order valence-electron chi connectivity index (χ3n) is 6.41. The smallest absolute Gasteiger partial charge is 0.262 e. The summed E-state index contributed by atoms with van der Waals surface area (Å²) in [6.45, 7) is 3.99. The Labute approximate surface area is 223 Å². The predicted octanol–water partition coefficient (Wildman–Crippen LogP) is 6.27. The van der Waals surface area contributed by atoms with E-state index in [1.165, 1.54) is 23.9 Å². The first-order valence-corrected chi connectivity index (χ1v) is 13.1. The quantitative estimate of drug-likeness (QED) is 0.418. The van der Waals surface area contributed by atoms with Gasteiger partial charge < -0.3 is 5.32 Å². The monoisotopic (exact) mass is 534 g/mol. The van der Waals surface area contributed by atoms with E-state index in [2.05, 4.69) is 10.3 Å². The lowest BCUT2D eigenvalue weighted by Gasteiger charge is -2.23. The second kappa shape index (κ2) is 10.5. The number of benzene rings is 3. The summed E-state index contributed by atoms with van der Waals surface area (Å²) in [6.07, 6.45) is 0.519. The maximum atomic E-state index is 13.5. The van der Waals surface area contributed by atoms with Gasteiger partial charge in [0, 0.05) is 23.6 Å². The summed E-state index contributed by atoms with van der Waals surface area (Å²) >= 11 is 7.49. The molecule has 3 aromatic carbocycles. The van der Waals surface area contributed by atoms with Crippen LogP contribution in [-0.2, 0) is 9.59 Å². The van der Waals surface area contributed by atoms with Crippen molar-refractivity contribution in [2.45, 2.75) is 38.0 Å². The van der Waals surface area contributed by atoms with E-state index < -0.39 is 5.25 Å². The Balaban J connectivity index is 1.35. The molecule has 37 heavy (non-hydrogen) atoms. The largest absolute Gasteiger partial charge is 0.326 e. The van der Waals surface area contributed by atoms with Gasteiger partial charge in [-0.15, -0.1) is 0 Å². The number of halogens is 2. The van der Waals surface area contributed by atoms with Crippen molar-refractivity contribution in [3.63, 3.8) is 0 Å². The lowest BCUT2D eigenvalue weighted by atomic mass is 9.98. The number of anilines is 1. The van der Waals surface area contributed by atoms with Crippen LogP contribution < -0.4 is 5.32 Å². The van der Waals surface area contributed by atoms with Gasteiger partial charge in [-0.1, -0.05) is 53.7 Å². The molecule has 0 unspecified atom stereocenters. The van der Waals surface area contributed by atoms with E-state index in [1.807, 2.05) is 50.2 Å². The molecule has 2 aliphatic rings. The maximum Gasteiger partial charge on any atom is 0.262 e. The van der Waals surface area contributed by atoms with Gasteiger partial charge in [-0.3, -0.25) is 9.59 Å². The minimum absolute atomic E-state index is 0.00632. The fraction of sp³-hybridized carbons (Fsp3) is 0.214. The minimum Gasteiger partial charge on any atom is -0.326 e. The number of nitrogens with zero attached hydrogens (tertiary/aromatic N) is 3. The van der Waals surface area contributed by atoms with Crippen molar-refractivity contribution >= 4 is 51.7 Å². The summed E-state index contributed by atoms with van der Waals surface area (Å²) in [5, 5.41) is 9.73. The van der Waals surface area contributed by atoms with Crippen molar-refractivity contribution in [1.29, 1.82) is 0 Å². The van der Waals surface area contributed by atoms with Gasteiger partial charge in [0.1, 0.15) is 11.1 Å². The fourth-order valence-corrected chi connectivity index (χ4v) is 5.54. The summed E-state index contributed by atoms with van der Waals surface area (Å²) in [5.74, 6) is -0.951. The number of amides is 2. The van der Waals surface area contributed by atoms with E-state index in [4.69, 9.17) is 16.7 Å². The van der Waals surface area contributed by atoms with Crippen LogP contribution in [0.15, 0.2) is 76.8 Å². The van der Waals surface area contributed by atoms with Gasteiger partial charge in [-0.05, 0) is 72.5 Å². The summed E-state index contributed by atoms with van der Waals surface area (Å²) in [5.41, 5.74) is 5.36. The molecule has 0 bridgehead atoms. The van der Waals surface area contributed by atoms with Crippen molar-refractivity contribution in [3.05, 3.63) is 99.8 Å². The zero-order valence-corrected chi connectivity index (χ0v) is 21.8. The van der Waals surface area contributed by atoms with E-state index in [1.54, 1.807) is 23.2 Å². The normalized spacial score (nSPS) is 19.1. The van der Waals surface area contributed by atoms with Crippen molar-refractivity contribution in [3.8, 4) is 0 Å². The average Bonchev–Trinajstić information content (AvgIpc) is 3.46. The lowest BCUT2D eigenvalue weighted by molar-refractivity contribution is -0.121. The van der Waals surface area contributed by atoms with Crippen LogP contribution in [0.5, 0.6) is 0 Å². The standard InChI is InChI=1S/C28H24ClFN4O2S/c1-16-6-11-22(12-17(16)2)31-26(35)15-25-27(36)32-28(37-25)34-24(19-4-3-5-20(29)13-19)14-23(33-34)18-7-9-21(30)10-8-18/h3-13,24-25H,14-15H2,1-2H3,(H,31,35)/t24-,25-/m1/s1. The molecule has 188 valence electrons. The third-order valence-corrected chi connectivity index (χ3v) is 7.78. The molecule has 3 aromatic rings. The molecule has 2 amide bonds.